The van der Waals surface area contributed by atoms with Crippen molar-refractivity contribution in [3.05, 3.63) is 27.9 Å². The molecule has 7 heteroatoms. The molecule has 0 saturated heterocycles. The predicted molar refractivity (Wildman–Crippen MR) is 60.6 cm³/mol. The summed E-state index contributed by atoms with van der Waals surface area (Å²) in [6.45, 7) is 2.13. The first-order chi connectivity index (χ1) is 7.50. The van der Waals surface area contributed by atoms with E-state index in [2.05, 4.69) is 10.3 Å². The van der Waals surface area contributed by atoms with Crippen molar-refractivity contribution in [2.45, 2.75) is 13.3 Å². The van der Waals surface area contributed by atoms with Gasteiger partial charge in [-0.1, -0.05) is 0 Å². The van der Waals surface area contributed by atoms with E-state index >= 15 is 0 Å². The molecule has 0 saturated carbocycles. The molecule has 0 bridgehead atoms. The number of rotatable bonds is 5. The summed E-state index contributed by atoms with van der Waals surface area (Å²) in [5.41, 5.74) is 5.73. The van der Waals surface area contributed by atoms with Crippen molar-refractivity contribution in [1.82, 2.24) is 4.98 Å². The maximum Gasteiger partial charge on any atom is 0.290 e. The SMILES string of the molecule is Cc1cc(NCCC(=N)N)ncc1[N+](=O)[O-]. The van der Waals surface area contributed by atoms with Crippen LogP contribution in [0.25, 0.3) is 0 Å². The lowest BCUT2D eigenvalue weighted by Crippen LogP contribution is -2.15. The molecule has 1 heterocycles. The Bertz CT molecular complexity index is 418. The molecule has 0 aromatic carbocycles. The Hall–Kier alpha value is -2.18. The molecule has 0 aliphatic rings. The second-order valence-electron chi connectivity index (χ2n) is 3.32. The zero-order chi connectivity index (χ0) is 12.1. The number of amidine groups is 1. The fourth-order valence-corrected chi connectivity index (χ4v) is 1.16. The highest BCUT2D eigenvalue weighted by atomic mass is 16.6. The summed E-state index contributed by atoms with van der Waals surface area (Å²) >= 11 is 0. The number of aryl methyl sites for hydroxylation is 1. The van der Waals surface area contributed by atoms with Crippen LogP contribution >= 0.6 is 0 Å². The first-order valence-electron chi connectivity index (χ1n) is 4.68. The Morgan fingerprint density at radius 2 is 2.44 bits per heavy atom. The number of nitrogens with zero attached hydrogens (tertiary/aromatic N) is 2. The van der Waals surface area contributed by atoms with Gasteiger partial charge in [0.2, 0.25) is 0 Å². The third-order valence-corrected chi connectivity index (χ3v) is 1.98. The summed E-state index contributed by atoms with van der Waals surface area (Å²) in [7, 11) is 0. The van der Waals surface area contributed by atoms with Crippen LogP contribution in [0.5, 0.6) is 0 Å². The van der Waals surface area contributed by atoms with Gasteiger partial charge in [-0.2, -0.15) is 0 Å². The molecule has 7 nitrogen and oxygen atoms in total. The Morgan fingerprint density at radius 3 is 2.94 bits per heavy atom. The molecule has 4 N–H and O–H groups in total. The molecule has 1 rings (SSSR count). The van der Waals surface area contributed by atoms with Gasteiger partial charge in [0.1, 0.15) is 12.0 Å². The van der Waals surface area contributed by atoms with Gasteiger partial charge in [0.25, 0.3) is 5.69 Å². The van der Waals surface area contributed by atoms with Crippen LogP contribution in [0, 0.1) is 22.4 Å². The number of hydrogen-bond donors (Lipinski definition) is 3. The number of nitrogens with two attached hydrogens (primary N) is 1. The standard InChI is InChI=1S/C9H13N5O2/c1-6-4-9(12-3-2-8(10)11)13-5-7(6)14(15)16/h4-5H,2-3H2,1H3,(H3,10,11)(H,12,13). The highest BCUT2D eigenvalue weighted by Crippen LogP contribution is 2.18. The third-order valence-electron chi connectivity index (χ3n) is 1.98. The van der Waals surface area contributed by atoms with E-state index in [1.807, 2.05) is 0 Å². The van der Waals surface area contributed by atoms with Crippen LogP contribution in [0.2, 0.25) is 0 Å². The van der Waals surface area contributed by atoms with Crippen LogP contribution in [-0.4, -0.2) is 22.3 Å². The van der Waals surface area contributed by atoms with E-state index in [1.165, 1.54) is 6.20 Å². The van der Waals surface area contributed by atoms with Crippen molar-refractivity contribution in [3.63, 3.8) is 0 Å². The topological polar surface area (TPSA) is 118 Å². The van der Waals surface area contributed by atoms with Crippen LogP contribution in [0.4, 0.5) is 11.5 Å². The smallest absolute Gasteiger partial charge is 0.290 e. The fraction of sp³-hybridized carbons (Fsp3) is 0.333. The van der Waals surface area contributed by atoms with E-state index < -0.39 is 4.92 Å². The van der Waals surface area contributed by atoms with Crippen LogP contribution in [0.3, 0.4) is 0 Å². The van der Waals surface area contributed by atoms with Gasteiger partial charge in [0.05, 0.1) is 10.8 Å². The molecule has 0 amide bonds. The first-order valence-corrected chi connectivity index (χ1v) is 4.68. The molecule has 0 aliphatic carbocycles. The molecule has 0 unspecified atom stereocenters. The Labute approximate surface area is 92.3 Å². The van der Waals surface area contributed by atoms with E-state index in [4.69, 9.17) is 11.1 Å². The average Bonchev–Trinajstić information content (AvgIpc) is 2.16. The Morgan fingerprint density at radius 1 is 1.75 bits per heavy atom. The van der Waals surface area contributed by atoms with E-state index in [1.54, 1.807) is 13.0 Å². The van der Waals surface area contributed by atoms with Crippen molar-refractivity contribution in [2.75, 3.05) is 11.9 Å². The molecule has 16 heavy (non-hydrogen) atoms. The quantitative estimate of drug-likeness (QED) is 0.298. The second kappa shape index (κ2) is 5.06. The summed E-state index contributed by atoms with van der Waals surface area (Å²) in [5.74, 6) is 0.635. The number of aromatic nitrogens is 1. The maximum absolute atomic E-state index is 10.5. The number of anilines is 1. The Kier molecular flexibility index (Phi) is 3.76. The monoisotopic (exact) mass is 223 g/mol. The molecule has 86 valence electrons. The molecular formula is C9H13N5O2. The zero-order valence-corrected chi connectivity index (χ0v) is 8.86. The van der Waals surface area contributed by atoms with Gasteiger partial charge >= 0.3 is 0 Å². The summed E-state index contributed by atoms with van der Waals surface area (Å²) < 4.78 is 0. The maximum atomic E-state index is 10.5. The van der Waals surface area contributed by atoms with E-state index in [0.29, 0.717) is 24.3 Å². The van der Waals surface area contributed by atoms with Crippen LogP contribution in [-0.2, 0) is 0 Å². The van der Waals surface area contributed by atoms with Crippen molar-refractivity contribution in [2.24, 2.45) is 5.73 Å². The van der Waals surface area contributed by atoms with Gasteiger partial charge in [0.15, 0.2) is 0 Å². The summed E-state index contributed by atoms with van der Waals surface area (Å²) in [6.07, 6.45) is 1.63. The van der Waals surface area contributed by atoms with Gasteiger partial charge in [-0.15, -0.1) is 0 Å². The molecular weight excluding hydrogens is 210 g/mol. The minimum Gasteiger partial charge on any atom is -0.388 e. The normalized spacial score (nSPS) is 9.81. The molecule has 0 atom stereocenters. The van der Waals surface area contributed by atoms with Gasteiger partial charge < -0.3 is 11.1 Å². The second-order valence-corrected chi connectivity index (χ2v) is 3.32. The molecule has 1 aromatic rings. The average molecular weight is 223 g/mol. The van der Waals surface area contributed by atoms with Crippen molar-refractivity contribution in [3.8, 4) is 0 Å². The van der Waals surface area contributed by atoms with Crippen molar-refractivity contribution in [1.29, 1.82) is 5.41 Å². The molecule has 0 radical (unpaired) electrons. The number of nitrogens with one attached hydrogen (secondary N) is 2. The summed E-state index contributed by atoms with van der Waals surface area (Å²) in [5, 5.41) is 20.5. The van der Waals surface area contributed by atoms with E-state index in [-0.39, 0.29) is 11.5 Å². The van der Waals surface area contributed by atoms with E-state index in [0.717, 1.165) is 0 Å². The number of hydrogen-bond acceptors (Lipinski definition) is 5. The molecule has 1 aromatic heterocycles. The highest BCUT2D eigenvalue weighted by Gasteiger charge is 2.10. The largest absolute Gasteiger partial charge is 0.388 e. The van der Waals surface area contributed by atoms with Crippen LogP contribution in [0.15, 0.2) is 12.3 Å². The van der Waals surface area contributed by atoms with Crippen molar-refractivity contribution < 1.29 is 4.92 Å². The lowest BCUT2D eigenvalue weighted by Gasteiger charge is -2.05. The first kappa shape index (κ1) is 11.9. The highest BCUT2D eigenvalue weighted by molar-refractivity contribution is 5.77. The van der Waals surface area contributed by atoms with Gasteiger partial charge in [-0.05, 0) is 13.0 Å². The van der Waals surface area contributed by atoms with Gasteiger partial charge in [-0.3, -0.25) is 15.5 Å². The minimum atomic E-state index is -0.471. The predicted octanol–water partition coefficient (Wildman–Crippen LogP) is 1.04. The number of nitro groups is 1. The summed E-state index contributed by atoms with van der Waals surface area (Å²) in [4.78, 5) is 14.0. The Balaban J connectivity index is 2.66. The van der Waals surface area contributed by atoms with E-state index in [9.17, 15) is 10.1 Å². The van der Waals surface area contributed by atoms with Gasteiger partial charge in [-0.25, -0.2) is 4.98 Å². The van der Waals surface area contributed by atoms with Crippen LogP contribution < -0.4 is 11.1 Å². The molecule has 0 spiro atoms. The lowest BCUT2D eigenvalue weighted by molar-refractivity contribution is -0.385. The number of pyridine rings is 1. The zero-order valence-electron chi connectivity index (χ0n) is 8.86. The molecule has 0 aliphatic heterocycles. The molecule has 0 fully saturated rings. The lowest BCUT2D eigenvalue weighted by atomic mass is 10.2. The fourth-order valence-electron chi connectivity index (χ4n) is 1.16. The van der Waals surface area contributed by atoms with Crippen LogP contribution in [0.1, 0.15) is 12.0 Å². The third kappa shape index (κ3) is 3.19. The van der Waals surface area contributed by atoms with Gasteiger partial charge in [0, 0.05) is 18.5 Å². The van der Waals surface area contributed by atoms with Crippen molar-refractivity contribution >= 4 is 17.3 Å². The summed E-state index contributed by atoms with van der Waals surface area (Å²) in [6, 6.07) is 1.60. The minimum absolute atomic E-state index is 0.00267.